The minimum atomic E-state index is -1.09. The zero-order chi connectivity index (χ0) is 14.5. The van der Waals surface area contributed by atoms with Gasteiger partial charge in [0.1, 0.15) is 17.4 Å². The maximum absolute atomic E-state index is 12.1. The number of ketones is 1. The van der Waals surface area contributed by atoms with E-state index in [0.29, 0.717) is 5.76 Å². The third kappa shape index (κ3) is 3.16. The Morgan fingerprint density at radius 2 is 2.00 bits per heavy atom. The average molecular weight is 272 g/mol. The number of ether oxygens (including phenoxy) is 1. The zero-order valence-electron chi connectivity index (χ0n) is 11.1. The number of aliphatic hydroxyl groups is 2. The largest absolute Gasteiger partial charge is 0.511 e. The van der Waals surface area contributed by atoms with Crippen molar-refractivity contribution in [3.05, 3.63) is 65.6 Å². The van der Waals surface area contributed by atoms with E-state index >= 15 is 0 Å². The van der Waals surface area contributed by atoms with Gasteiger partial charge in [0.2, 0.25) is 0 Å². The first-order chi connectivity index (χ1) is 9.61. The molecule has 1 aliphatic rings. The van der Waals surface area contributed by atoms with Crippen molar-refractivity contribution >= 4 is 11.9 Å². The second kappa shape index (κ2) is 6.21. The molecule has 0 bridgehead atoms. The van der Waals surface area contributed by atoms with Gasteiger partial charge in [-0.3, -0.25) is 4.79 Å². The van der Waals surface area contributed by atoms with Crippen LogP contribution in [0.3, 0.4) is 0 Å². The van der Waals surface area contributed by atoms with Gasteiger partial charge in [0.05, 0.1) is 13.2 Å². The Balaban J connectivity index is 2.13. The summed E-state index contributed by atoms with van der Waals surface area (Å²) in [6.45, 7) is 0. The molecule has 0 saturated carbocycles. The lowest BCUT2D eigenvalue weighted by Crippen LogP contribution is -2.30. The Morgan fingerprint density at radius 3 is 2.60 bits per heavy atom. The van der Waals surface area contributed by atoms with Crippen molar-refractivity contribution in [1.82, 2.24) is 0 Å². The molecule has 0 amide bonds. The molecule has 2 atom stereocenters. The molecular formula is C16H16O4. The van der Waals surface area contributed by atoms with Crippen LogP contribution >= 0.6 is 0 Å². The maximum atomic E-state index is 12.1. The monoisotopic (exact) mass is 272 g/mol. The average Bonchev–Trinajstić information content (AvgIpc) is 2.45. The molecule has 0 fully saturated rings. The summed E-state index contributed by atoms with van der Waals surface area (Å²) in [5.41, 5.74) is 0.878. The summed E-state index contributed by atoms with van der Waals surface area (Å²) in [4.78, 5) is 12.1. The summed E-state index contributed by atoms with van der Waals surface area (Å²) in [5, 5.41) is 19.7. The number of carbonyl (C=O) groups is 1. The molecule has 0 spiro atoms. The van der Waals surface area contributed by atoms with Gasteiger partial charge in [0, 0.05) is 6.08 Å². The van der Waals surface area contributed by atoms with E-state index in [1.807, 2.05) is 30.3 Å². The van der Waals surface area contributed by atoms with Gasteiger partial charge in [-0.1, -0.05) is 36.4 Å². The number of benzene rings is 1. The van der Waals surface area contributed by atoms with Crippen LogP contribution in [0.2, 0.25) is 0 Å². The molecule has 2 rings (SSSR count). The normalized spacial score (nSPS) is 22.3. The highest BCUT2D eigenvalue weighted by molar-refractivity contribution is 5.97. The van der Waals surface area contributed by atoms with Crippen molar-refractivity contribution in [1.29, 1.82) is 0 Å². The molecule has 0 aliphatic heterocycles. The Labute approximate surface area is 117 Å². The lowest BCUT2D eigenvalue weighted by Gasteiger charge is -2.22. The van der Waals surface area contributed by atoms with E-state index in [1.54, 1.807) is 6.08 Å². The predicted molar refractivity (Wildman–Crippen MR) is 75.8 cm³/mol. The van der Waals surface area contributed by atoms with Gasteiger partial charge >= 0.3 is 0 Å². The topological polar surface area (TPSA) is 66.8 Å². The summed E-state index contributed by atoms with van der Waals surface area (Å²) >= 11 is 0. The van der Waals surface area contributed by atoms with Crippen molar-refractivity contribution in [2.45, 2.75) is 6.10 Å². The fourth-order valence-electron chi connectivity index (χ4n) is 2.01. The number of carbonyl (C=O) groups excluding carboxylic acids is 1. The van der Waals surface area contributed by atoms with E-state index in [0.717, 1.165) is 5.56 Å². The standard InChI is InChI=1S/C16H16O4/c1-20-12-9-14(18)16(15(19)10-12)13(17)8-7-11-5-3-2-4-6-11/h2-10,14,16,18-19H,1H3/b8-7+/t14-,16-/m0/s1. The van der Waals surface area contributed by atoms with E-state index in [2.05, 4.69) is 0 Å². The highest BCUT2D eigenvalue weighted by Gasteiger charge is 2.31. The number of aliphatic hydroxyl groups excluding tert-OH is 2. The van der Waals surface area contributed by atoms with Crippen LogP contribution in [0, 0.1) is 5.92 Å². The molecular weight excluding hydrogens is 256 g/mol. The molecule has 0 heterocycles. The molecule has 20 heavy (non-hydrogen) atoms. The van der Waals surface area contributed by atoms with Crippen LogP contribution in [-0.4, -0.2) is 29.2 Å². The van der Waals surface area contributed by atoms with Crippen LogP contribution < -0.4 is 0 Å². The highest BCUT2D eigenvalue weighted by atomic mass is 16.5. The SMILES string of the molecule is COC1=C[C@H](O)[C@H](C(=O)/C=C/c2ccccc2)C(O)=C1. The number of methoxy groups -OCH3 is 1. The molecule has 1 aliphatic carbocycles. The van der Waals surface area contributed by atoms with Crippen LogP contribution in [0.25, 0.3) is 6.08 Å². The maximum Gasteiger partial charge on any atom is 0.169 e. The van der Waals surface area contributed by atoms with Crippen LogP contribution in [0.4, 0.5) is 0 Å². The van der Waals surface area contributed by atoms with E-state index < -0.39 is 12.0 Å². The third-order valence-corrected chi connectivity index (χ3v) is 3.07. The Kier molecular flexibility index (Phi) is 4.38. The smallest absolute Gasteiger partial charge is 0.169 e. The number of hydrogen-bond acceptors (Lipinski definition) is 4. The zero-order valence-corrected chi connectivity index (χ0v) is 11.1. The van der Waals surface area contributed by atoms with Crippen molar-refractivity contribution in [3.63, 3.8) is 0 Å². The van der Waals surface area contributed by atoms with E-state index in [-0.39, 0.29) is 11.5 Å². The summed E-state index contributed by atoms with van der Waals surface area (Å²) in [6, 6.07) is 9.34. The van der Waals surface area contributed by atoms with Crippen molar-refractivity contribution in [2.24, 2.45) is 5.92 Å². The van der Waals surface area contributed by atoms with Gasteiger partial charge in [-0.2, -0.15) is 0 Å². The fourth-order valence-corrected chi connectivity index (χ4v) is 2.01. The molecule has 0 radical (unpaired) electrons. The molecule has 1 aromatic rings. The molecule has 0 unspecified atom stereocenters. The van der Waals surface area contributed by atoms with Crippen LogP contribution in [-0.2, 0) is 9.53 Å². The number of hydrogen-bond donors (Lipinski definition) is 2. The number of allylic oxidation sites excluding steroid dienone is 2. The fraction of sp³-hybridized carbons (Fsp3) is 0.188. The van der Waals surface area contributed by atoms with E-state index in [9.17, 15) is 15.0 Å². The van der Waals surface area contributed by atoms with Gasteiger partial charge in [-0.25, -0.2) is 0 Å². The van der Waals surface area contributed by atoms with Crippen molar-refractivity contribution in [2.75, 3.05) is 7.11 Å². The highest BCUT2D eigenvalue weighted by Crippen LogP contribution is 2.24. The van der Waals surface area contributed by atoms with Crippen LogP contribution in [0.5, 0.6) is 0 Å². The predicted octanol–water partition coefficient (Wildman–Crippen LogP) is 2.23. The molecule has 104 valence electrons. The number of rotatable bonds is 4. The summed E-state index contributed by atoms with van der Waals surface area (Å²) in [6.07, 6.45) is 4.66. The first-order valence-electron chi connectivity index (χ1n) is 6.23. The van der Waals surface area contributed by atoms with E-state index in [4.69, 9.17) is 4.74 Å². The quantitative estimate of drug-likeness (QED) is 0.825. The Morgan fingerprint density at radius 1 is 1.30 bits per heavy atom. The van der Waals surface area contributed by atoms with E-state index in [1.165, 1.54) is 25.3 Å². The lowest BCUT2D eigenvalue weighted by molar-refractivity contribution is -0.120. The van der Waals surface area contributed by atoms with Crippen LogP contribution in [0.1, 0.15) is 5.56 Å². The minimum absolute atomic E-state index is 0.195. The van der Waals surface area contributed by atoms with Gasteiger partial charge in [-0.05, 0) is 17.7 Å². The minimum Gasteiger partial charge on any atom is -0.511 e. The van der Waals surface area contributed by atoms with Crippen molar-refractivity contribution in [3.8, 4) is 0 Å². The van der Waals surface area contributed by atoms with Crippen LogP contribution in [0.15, 0.2) is 60.1 Å². The lowest BCUT2D eigenvalue weighted by atomic mass is 9.90. The first-order valence-corrected chi connectivity index (χ1v) is 6.23. The van der Waals surface area contributed by atoms with Gasteiger partial charge in [0.15, 0.2) is 5.78 Å². The second-order valence-corrected chi connectivity index (χ2v) is 4.46. The third-order valence-electron chi connectivity index (χ3n) is 3.07. The molecule has 4 heteroatoms. The Hall–Kier alpha value is -2.33. The molecule has 4 nitrogen and oxygen atoms in total. The second-order valence-electron chi connectivity index (χ2n) is 4.46. The van der Waals surface area contributed by atoms with Gasteiger partial charge < -0.3 is 14.9 Å². The molecule has 1 aromatic carbocycles. The molecule has 0 aromatic heterocycles. The summed E-state index contributed by atoms with van der Waals surface area (Å²) in [5.74, 6) is -1.19. The van der Waals surface area contributed by atoms with Gasteiger partial charge in [-0.15, -0.1) is 0 Å². The summed E-state index contributed by atoms with van der Waals surface area (Å²) in [7, 11) is 1.43. The van der Waals surface area contributed by atoms with Gasteiger partial charge in [0.25, 0.3) is 0 Å². The summed E-state index contributed by atoms with van der Waals surface area (Å²) < 4.78 is 4.92. The molecule has 0 saturated heterocycles. The van der Waals surface area contributed by atoms with Crippen molar-refractivity contribution < 1.29 is 19.7 Å². The molecule has 2 N–H and O–H groups in total. The Bertz CT molecular complexity index is 569. The first kappa shape index (κ1) is 14.1.